The van der Waals surface area contributed by atoms with E-state index in [0.29, 0.717) is 19.3 Å². The Balaban J connectivity index is 4.03. The van der Waals surface area contributed by atoms with Gasteiger partial charge in [-0.25, -0.2) is 0 Å². The number of nitrogens with zero attached hydrogens (tertiary/aromatic N) is 1. The first kappa shape index (κ1) is 10.1. The van der Waals surface area contributed by atoms with E-state index >= 15 is 0 Å². The second kappa shape index (κ2) is 4.82. The Bertz CT molecular complexity index is 156. The zero-order valence-electron chi connectivity index (χ0n) is 6.87. The Morgan fingerprint density at radius 2 is 2.09 bits per heavy atom. The molecule has 0 aliphatic heterocycles. The van der Waals surface area contributed by atoms with Crippen LogP contribution in [0.4, 0.5) is 0 Å². The standard InChI is InChI=1S/C7H13NO3/c1-3-5-7(9)6(4-2)8(10)11/h6H,3-5H2,1-2H3. The monoisotopic (exact) mass is 159 g/mol. The Labute approximate surface area is 65.7 Å². The number of ketones is 1. The molecular formula is C7H13NO3. The van der Waals surface area contributed by atoms with Crippen LogP contribution in [0, 0.1) is 10.1 Å². The lowest BCUT2D eigenvalue weighted by molar-refractivity contribution is -0.507. The quantitative estimate of drug-likeness (QED) is 0.450. The first-order chi connectivity index (χ1) is 5.13. The lowest BCUT2D eigenvalue weighted by Crippen LogP contribution is -2.28. The molecule has 0 radical (unpaired) electrons. The normalized spacial score (nSPS) is 12.5. The molecule has 0 bridgehead atoms. The topological polar surface area (TPSA) is 60.2 Å². The van der Waals surface area contributed by atoms with Crippen LogP contribution in [0.3, 0.4) is 0 Å². The van der Waals surface area contributed by atoms with Gasteiger partial charge in [0.15, 0.2) is 0 Å². The summed E-state index contributed by atoms with van der Waals surface area (Å²) < 4.78 is 0. The summed E-state index contributed by atoms with van der Waals surface area (Å²) in [7, 11) is 0. The molecule has 0 aliphatic carbocycles. The molecule has 0 saturated carbocycles. The molecular weight excluding hydrogens is 146 g/mol. The number of hydrogen-bond donors (Lipinski definition) is 0. The van der Waals surface area contributed by atoms with Crippen molar-refractivity contribution in [1.82, 2.24) is 0 Å². The zero-order valence-corrected chi connectivity index (χ0v) is 6.87. The second-order valence-corrected chi connectivity index (χ2v) is 2.43. The molecule has 0 heterocycles. The average Bonchev–Trinajstić information content (AvgIpc) is 1.88. The van der Waals surface area contributed by atoms with Crippen LogP contribution in [0.2, 0.25) is 0 Å². The molecule has 0 rings (SSSR count). The van der Waals surface area contributed by atoms with Crippen molar-refractivity contribution in [3.63, 3.8) is 0 Å². The molecule has 4 heteroatoms. The van der Waals surface area contributed by atoms with Gasteiger partial charge in [0.2, 0.25) is 5.78 Å². The van der Waals surface area contributed by atoms with Gasteiger partial charge in [-0.1, -0.05) is 13.8 Å². The van der Waals surface area contributed by atoms with Gasteiger partial charge in [0, 0.05) is 17.8 Å². The van der Waals surface area contributed by atoms with Crippen LogP contribution in [0.5, 0.6) is 0 Å². The molecule has 1 unspecified atom stereocenters. The number of carbonyl (C=O) groups is 1. The minimum absolute atomic E-state index is 0.250. The van der Waals surface area contributed by atoms with E-state index < -0.39 is 11.0 Å². The van der Waals surface area contributed by atoms with Crippen LogP contribution < -0.4 is 0 Å². The second-order valence-electron chi connectivity index (χ2n) is 2.43. The number of Topliss-reactive ketones (excluding diaryl/α,β-unsaturated/α-hetero) is 1. The highest BCUT2D eigenvalue weighted by Gasteiger charge is 2.25. The SMILES string of the molecule is CCCC(=O)C(CC)[N+](=O)[O-]. The van der Waals surface area contributed by atoms with Crippen molar-refractivity contribution < 1.29 is 9.72 Å². The van der Waals surface area contributed by atoms with E-state index in [-0.39, 0.29) is 5.78 Å². The maximum absolute atomic E-state index is 11.0. The maximum Gasteiger partial charge on any atom is 0.270 e. The fourth-order valence-electron chi connectivity index (χ4n) is 0.907. The van der Waals surface area contributed by atoms with Crippen LogP contribution >= 0.6 is 0 Å². The first-order valence-electron chi connectivity index (χ1n) is 3.79. The van der Waals surface area contributed by atoms with Crippen LogP contribution in [0.25, 0.3) is 0 Å². The summed E-state index contributed by atoms with van der Waals surface area (Å²) >= 11 is 0. The molecule has 64 valence electrons. The molecule has 0 saturated heterocycles. The summed E-state index contributed by atoms with van der Waals surface area (Å²) in [4.78, 5) is 20.7. The molecule has 0 aromatic rings. The van der Waals surface area contributed by atoms with Crippen molar-refractivity contribution in [2.45, 2.75) is 39.2 Å². The largest absolute Gasteiger partial charge is 0.292 e. The van der Waals surface area contributed by atoms with E-state index in [2.05, 4.69) is 0 Å². The summed E-state index contributed by atoms with van der Waals surface area (Å²) in [6.07, 6.45) is 1.30. The van der Waals surface area contributed by atoms with E-state index in [9.17, 15) is 14.9 Å². The van der Waals surface area contributed by atoms with Gasteiger partial charge in [0.25, 0.3) is 6.04 Å². The van der Waals surface area contributed by atoms with Crippen LogP contribution in [-0.4, -0.2) is 16.7 Å². The van der Waals surface area contributed by atoms with Gasteiger partial charge < -0.3 is 0 Å². The molecule has 1 atom stereocenters. The lowest BCUT2D eigenvalue weighted by Gasteiger charge is -2.03. The lowest BCUT2D eigenvalue weighted by atomic mass is 10.1. The fraction of sp³-hybridized carbons (Fsp3) is 0.857. The molecule has 0 N–H and O–H groups in total. The fourth-order valence-corrected chi connectivity index (χ4v) is 0.907. The zero-order chi connectivity index (χ0) is 8.85. The van der Waals surface area contributed by atoms with Gasteiger partial charge in [-0.2, -0.15) is 0 Å². The molecule has 0 aromatic carbocycles. The highest BCUT2D eigenvalue weighted by Crippen LogP contribution is 2.02. The predicted molar refractivity (Wildman–Crippen MR) is 41.0 cm³/mol. The summed E-state index contributed by atoms with van der Waals surface area (Å²) in [5, 5.41) is 10.2. The van der Waals surface area contributed by atoms with Crippen LogP contribution in [0.15, 0.2) is 0 Å². The Morgan fingerprint density at radius 3 is 2.36 bits per heavy atom. The van der Waals surface area contributed by atoms with Gasteiger partial charge in [-0.15, -0.1) is 0 Å². The van der Waals surface area contributed by atoms with Gasteiger partial charge in [0.05, 0.1) is 0 Å². The van der Waals surface area contributed by atoms with Crippen molar-refractivity contribution in [2.24, 2.45) is 0 Å². The third-order valence-electron chi connectivity index (χ3n) is 1.51. The van der Waals surface area contributed by atoms with E-state index in [1.807, 2.05) is 6.92 Å². The van der Waals surface area contributed by atoms with Crippen molar-refractivity contribution in [3.05, 3.63) is 10.1 Å². The smallest absolute Gasteiger partial charge is 0.270 e. The third kappa shape index (κ3) is 3.11. The number of carbonyl (C=O) groups excluding carboxylic acids is 1. The molecule has 0 spiro atoms. The van der Waals surface area contributed by atoms with Gasteiger partial charge >= 0.3 is 0 Å². The Hall–Kier alpha value is -0.930. The Kier molecular flexibility index (Phi) is 4.41. The van der Waals surface area contributed by atoms with Crippen LogP contribution in [0.1, 0.15) is 33.1 Å². The van der Waals surface area contributed by atoms with Gasteiger partial charge in [0.1, 0.15) is 0 Å². The average molecular weight is 159 g/mol. The number of nitro groups is 1. The van der Waals surface area contributed by atoms with Gasteiger partial charge in [-0.05, 0) is 6.42 Å². The Morgan fingerprint density at radius 1 is 1.55 bits per heavy atom. The number of rotatable bonds is 5. The summed E-state index contributed by atoms with van der Waals surface area (Å²) in [6, 6.07) is -0.977. The van der Waals surface area contributed by atoms with E-state index in [1.165, 1.54) is 0 Å². The number of hydrogen-bond acceptors (Lipinski definition) is 3. The molecule has 0 aromatic heterocycles. The van der Waals surface area contributed by atoms with Gasteiger partial charge in [-0.3, -0.25) is 14.9 Å². The maximum atomic E-state index is 11.0. The highest BCUT2D eigenvalue weighted by molar-refractivity contribution is 5.82. The molecule has 0 fully saturated rings. The summed E-state index contributed by atoms with van der Waals surface area (Å²) in [5.74, 6) is -0.250. The van der Waals surface area contributed by atoms with E-state index in [0.717, 1.165) is 0 Å². The minimum atomic E-state index is -0.977. The van der Waals surface area contributed by atoms with E-state index in [4.69, 9.17) is 0 Å². The third-order valence-corrected chi connectivity index (χ3v) is 1.51. The van der Waals surface area contributed by atoms with E-state index in [1.54, 1.807) is 6.92 Å². The van der Waals surface area contributed by atoms with Crippen molar-refractivity contribution in [1.29, 1.82) is 0 Å². The first-order valence-corrected chi connectivity index (χ1v) is 3.79. The van der Waals surface area contributed by atoms with Crippen molar-refractivity contribution in [3.8, 4) is 0 Å². The molecule has 4 nitrogen and oxygen atoms in total. The minimum Gasteiger partial charge on any atom is -0.292 e. The molecule has 0 aliphatic rings. The summed E-state index contributed by atoms with van der Waals surface area (Å²) in [5.41, 5.74) is 0. The van der Waals surface area contributed by atoms with Crippen molar-refractivity contribution in [2.75, 3.05) is 0 Å². The predicted octanol–water partition coefficient (Wildman–Crippen LogP) is 1.41. The molecule has 11 heavy (non-hydrogen) atoms. The highest BCUT2D eigenvalue weighted by atomic mass is 16.6. The molecule has 0 amide bonds. The van der Waals surface area contributed by atoms with Crippen molar-refractivity contribution >= 4 is 5.78 Å². The summed E-state index contributed by atoms with van der Waals surface area (Å²) in [6.45, 7) is 3.49. The van der Waals surface area contributed by atoms with Crippen LogP contribution in [-0.2, 0) is 4.79 Å².